The number of hydrogen-bond donors (Lipinski definition) is 1. The summed E-state index contributed by atoms with van der Waals surface area (Å²) in [6.07, 6.45) is -4.64. The summed E-state index contributed by atoms with van der Waals surface area (Å²) in [5.41, 5.74) is -1.20. The molecule has 2 aromatic carbocycles. The predicted octanol–water partition coefficient (Wildman–Crippen LogP) is 5.05. The molecular formula is C18H11F3N2O3. The molecule has 1 aromatic heterocycles. The minimum Gasteiger partial charge on any atom is -0.507 e. The van der Waals surface area contributed by atoms with Gasteiger partial charge in [-0.3, -0.25) is 10.1 Å². The first kappa shape index (κ1) is 17.4. The van der Waals surface area contributed by atoms with E-state index in [1.807, 2.05) is 0 Å². The van der Waals surface area contributed by atoms with Crippen LogP contribution in [0.2, 0.25) is 0 Å². The molecule has 26 heavy (non-hydrogen) atoms. The molecule has 0 aliphatic heterocycles. The molecule has 0 unspecified atom stereocenters. The molecule has 0 bridgehead atoms. The number of nitrogens with zero attached hydrogens (tertiary/aromatic N) is 2. The average Bonchev–Trinajstić information content (AvgIpc) is 2.61. The highest BCUT2D eigenvalue weighted by Crippen LogP contribution is 2.37. The third kappa shape index (κ3) is 3.49. The number of nitro benzene ring substituents is 1. The van der Waals surface area contributed by atoms with Gasteiger partial charge in [0.2, 0.25) is 0 Å². The first-order valence-electron chi connectivity index (χ1n) is 7.38. The Morgan fingerprint density at radius 3 is 2.23 bits per heavy atom. The molecule has 3 aromatic rings. The number of nitro groups is 1. The second kappa shape index (κ2) is 6.47. The van der Waals surface area contributed by atoms with Crippen molar-refractivity contribution in [2.45, 2.75) is 6.18 Å². The summed E-state index contributed by atoms with van der Waals surface area (Å²) < 4.78 is 39.9. The van der Waals surface area contributed by atoms with E-state index < -0.39 is 22.4 Å². The Balaban J connectivity index is 2.25. The molecule has 0 saturated heterocycles. The van der Waals surface area contributed by atoms with E-state index in [4.69, 9.17) is 0 Å². The molecule has 0 fully saturated rings. The molecule has 132 valence electrons. The molecule has 0 spiro atoms. The first-order valence-corrected chi connectivity index (χ1v) is 7.38. The summed E-state index contributed by atoms with van der Waals surface area (Å²) in [6.45, 7) is 0. The number of hydrogen-bond acceptors (Lipinski definition) is 4. The van der Waals surface area contributed by atoms with Crippen LogP contribution in [0.5, 0.6) is 5.75 Å². The maximum absolute atomic E-state index is 13.3. The number of pyridine rings is 1. The summed E-state index contributed by atoms with van der Waals surface area (Å²) in [5, 5.41) is 20.9. The fourth-order valence-corrected chi connectivity index (χ4v) is 2.43. The first-order chi connectivity index (χ1) is 12.3. The Morgan fingerprint density at radius 1 is 0.962 bits per heavy atom. The van der Waals surface area contributed by atoms with Crippen LogP contribution in [-0.2, 0) is 6.18 Å². The van der Waals surface area contributed by atoms with Crippen LogP contribution in [0, 0.1) is 10.1 Å². The van der Waals surface area contributed by atoms with E-state index in [0.717, 1.165) is 30.3 Å². The van der Waals surface area contributed by atoms with Gasteiger partial charge >= 0.3 is 6.18 Å². The van der Waals surface area contributed by atoms with E-state index in [9.17, 15) is 28.4 Å². The highest BCUT2D eigenvalue weighted by Gasteiger charge is 2.32. The molecule has 0 radical (unpaired) electrons. The minimum atomic E-state index is -4.64. The van der Waals surface area contributed by atoms with E-state index in [1.54, 1.807) is 30.3 Å². The lowest BCUT2D eigenvalue weighted by atomic mass is 10.0. The third-order valence-electron chi connectivity index (χ3n) is 3.69. The predicted molar refractivity (Wildman–Crippen MR) is 88.4 cm³/mol. The summed E-state index contributed by atoms with van der Waals surface area (Å²) >= 11 is 0. The number of benzene rings is 2. The van der Waals surface area contributed by atoms with E-state index in [1.165, 1.54) is 0 Å². The Hall–Kier alpha value is -3.42. The van der Waals surface area contributed by atoms with Crippen molar-refractivity contribution in [2.75, 3.05) is 0 Å². The van der Waals surface area contributed by atoms with Gasteiger partial charge in [0.1, 0.15) is 5.75 Å². The fourth-order valence-electron chi connectivity index (χ4n) is 2.43. The van der Waals surface area contributed by atoms with Crippen molar-refractivity contribution in [3.8, 4) is 28.3 Å². The van der Waals surface area contributed by atoms with Gasteiger partial charge in [-0.2, -0.15) is 13.2 Å². The maximum atomic E-state index is 13.3. The standard InChI is InChI=1S/C18H11F3N2O3/c19-18(20,21)12-8-15(11-4-2-1-3-5-11)22-16(9-12)14-10-13(23(25)26)6-7-17(14)24/h1-10,24H. The molecule has 5 nitrogen and oxygen atoms in total. The largest absolute Gasteiger partial charge is 0.507 e. The van der Waals surface area contributed by atoms with Crippen molar-refractivity contribution in [1.29, 1.82) is 0 Å². The van der Waals surface area contributed by atoms with Gasteiger partial charge in [-0.1, -0.05) is 30.3 Å². The number of rotatable bonds is 3. The molecule has 1 heterocycles. The van der Waals surface area contributed by atoms with Crippen molar-refractivity contribution >= 4 is 5.69 Å². The number of halogens is 3. The zero-order valence-electron chi connectivity index (χ0n) is 13.1. The highest BCUT2D eigenvalue weighted by molar-refractivity contribution is 5.73. The van der Waals surface area contributed by atoms with Gasteiger partial charge in [-0.15, -0.1) is 0 Å². The van der Waals surface area contributed by atoms with E-state index in [-0.39, 0.29) is 22.6 Å². The zero-order chi connectivity index (χ0) is 18.9. The lowest BCUT2D eigenvalue weighted by Crippen LogP contribution is -2.06. The lowest BCUT2D eigenvalue weighted by molar-refractivity contribution is -0.384. The summed E-state index contributed by atoms with van der Waals surface area (Å²) in [7, 11) is 0. The van der Waals surface area contributed by atoms with Crippen LogP contribution in [0.15, 0.2) is 60.7 Å². The number of alkyl halides is 3. The van der Waals surface area contributed by atoms with Gasteiger partial charge in [0.15, 0.2) is 0 Å². The van der Waals surface area contributed by atoms with Crippen LogP contribution >= 0.6 is 0 Å². The second-order valence-electron chi connectivity index (χ2n) is 5.45. The Labute approximate surface area is 145 Å². The van der Waals surface area contributed by atoms with Gasteiger partial charge in [0.05, 0.1) is 21.9 Å². The van der Waals surface area contributed by atoms with Crippen molar-refractivity contribution in [2.24, 2.45) is 0 Å². The minimum absolute atomic E-state index is 0.0429. The topological polar surface area (TPSA) is 76.3 Å². The second-order valence-corrected chi connectivity index (χ2v) is 5.45. The van der Waals surface area contributed by atoms with Crippen LogP contribution in [0.3, 0.4) is 0 Å². The van der Waals surface area contributed by atoms with Crippen molar-refractivity contribution in [1.82, 2.24) is 4.98 Å². The number of aromatic nitrogens is 1. The van der Waals surface area contributed by atoms with Gasteiger partial charge in [0.25, 0.3) is 5.69 Å². The lowest BCUT2D eigenvalue weighted by Gasteiger charge is -2.12. The Kier molecular flexibility index (Phi) is 4.33. The summed E-state index contributed by atoms with van der Waals surface area (Å²) in [4.78, 5) is 14.4. The molecule has 1 N–H and O–H groups in total. The highest BCUT2D eigenvalue weighted by atomic mass is 19.4. The number of phenols is 1. The Morgan fingerprint density at radius 2 is 1.62 bits per heavy atom. The molecule has 0 aliphatic rings. The van der Waals surface area contributed by atoms with E-state index in [0.29, 0.717) is 5.56 Å². The van der Waals surface area contributed by atoms with E-state index in [2.05, 4.69) is 4.98 Å². The van der Waals surface area contributed by atoms with Crippen molar-refractivity contribution in [3.63, 3.8) is 0 Å². The van der Waals surface area contributed by atoms with Crippen LogP contribution in [0.1, 0.15) is 5.56 Å². The van der Waals surface area contributed by atoms with Gasteiger partial charge in [-0.05, 0) is 18.2 Å². The monoisotopic (exact) mass is 360 g/mol. The summed E-state index contributed by atoms with van der Waals surface area (Å²) in [6, 6.07) is 13.0. The smallest absolute Gasteiger partial charge is 0.416 e. The maximum Gasteiger partial charge on any atom is 0.416 e. The molecular weight excluding hydrogens is 349 g/mol. The van der Waals surface area contributed by atoms with Gasteiger partial charge < -0.3 is 5.11 Å². The third-order valence-corrected chi connectivity index (χ3v) is 3.69. The number of aromatic hydroxyl groups is 1. The summed E-state index contributed by atoms with van der Waals surface area (Å²) in [5.74, 6) is -0.401. The molecule has 0 aliphatic carbocycles. The molecule has 0 saturated carbocycles. The molecule has 8 heteroatoms. The quantitative estimate of drug-likeness (QED) is 0.524. The zero-order valence-corrected chi connectivity index (χ0v) is 13.1. The molecule has 0 atom stereocenters. The fraction of sp³-hybridized carbons (Fsp3) is 0.0556. The van der Waals surface area contributed by atoms with Crippen molar-refractivity contribution in [3.05, 3.63) is 76.3 Å². The number of phenolic OH excluding ortho intramolecular Hbond substituents is 1. The van der Waals surface area contributed by atoms with Crippen LogP contribution in [0.4, 0.5) is 18.9 Å². The Bertz CT molecular complexity index is 973. The van der Waals surface area contributed by atoms with Gasteiger partial charge in [-0.25, -0.2) is 4.98 Å². The van der Waals surface area contributed by atoms with Gasteiger partial charge in [0, 0.05) is 23.3 Å². The average molecular weight is 360 g/mol. The van der Waals surface area contributed by atoms with Crippen molar-refractivity contribution < 1.29 is 23.2 Å². The van der Waals surface area contributed by atoms with E-state index >= 15 is 0 Å². The van der Waals surface area contributed by atoms with Crippen LogP contribution in [0.25, 0.3) is 22.5 Å². The van der Waals surface area contributed by atoms with Crippen LogP contribution in [-0.4, -0.2) is 15.0 Å². The molecule has 3 rings (SSSR count). The SMILES string of the molecule is O=[N+]([O-])c1ccc(O)c(-c2cc(C(F)(F)F)cc(-c3ccccc3)n2)c1. The normalized spacial score (nSPS) is 11.3. The van der Waals surface area contributed by atoms with Crippen LogP contribution < -0.4 is 0 Å². The molecule has 0 amide bonds. The number of non-ortho nitro benzene ring substituents is 1.